The Balaban J connectivity index is 2.60. The lowest BCUT2D eigenvalue weighted by Crippen LogP contribution is -2.13. The van der Waals surface area contributed by atoms with Crippen molar-refractivity contribution < 1.29 is 14.6 Å². The fourth-order valence-electron chi connectivity index (χ4n) is 0.931. The SMILES string of the molecule is COc1ccccc1NSC(C)C(=O)O. The molecule has 0 heterocycles. The third kappa shape index (κ3) is 3.36. The van der Waals surface area contributed by atoms with Crippen LogP contribution in [0, 0.1) is 0 Å². The number of anilines is 1. The Morgan fingerprint density at radius 3 is 2.80 bits per heavy atom. The number of carboxylic acid groups (broad SMARTS) is 1. The van der Waals surface area contributed by atoms with Crippen LogP contribution >= 0.6 is 11.9 Å². The second-order valence-electron chi connectivity index (χ2n) is 2.90. The predicted molar refractivity (Wildman–Crippen MR) is 61.3 cm³/mol. The lowest BCUT2D eigenvalue weighted by atomic mass is 10.3. The first kappa shape index (κ1) is 11.7. The highest BCUT2D eigenvalue weighted by molar-refractivity contribution is 8.01. The molecule has 0 spiro atoms. The molecular formula is C10H13NO3S. The van der Waals surface area contributed by atoms with Gasteiger partial charge in [-0.25, -0.2) is 0 Å². The van der Waals surface area contributed by atoms with Gasteiger partial charge in [0.2, 0.25) is 0 Å². The average Bonchev–Trinajstić information content (AvgIpc) is 2.26. The summed E-state index contributed by atoms with van der Waals surface area (Å²) in [5.41, 5.74) is 0.776. The third-order valence-electron chi connectivity index (χ3n) is 1.80. The van der Waals surface area contributed by atoms with Crippen LogP contribution in [0.3, 0.4) is 0 Å². The van der Waals surface area contributed by atoms with E-state index in [0.717, 1.165) is 17.6 Å². The summed E-state index contributed by atoms with van der Waals surface area (Å²) in [7, 11) is 1.58. The molecule has 1 aromatic rings. The fraction of sp³-hybridized carbons (Fsp3) is 0.300. The molecule has 2 N–H and O–H groups in total. The maximum Gasteiger partial charge on any atom is 0.318 e. The van der Waals surface area contributed by atoms with Crippen molar-refractivity contribution in [3.05, 3.63) is 24.3 Å². The van der Waals surface area contributed by atoms with Crippen LogP contribution in [-0.2, 0) is 4.79 Å². The zero-order valence-electron chi connectivity index (χ0n) is 8.56. The van der Waals surface area contributed by atoms with Crippen LogP contribution in [0.2, 0.25) is 0 Å². The van der Waals surface area contributed by atoms with Crippen molar-refractivity contribution in [3.63, 3.8) is 0 Å². The second kappa shape index (κ2) is 5.50. The molecule has 1 atom stereocenters. The normalized spacial score (nSPS) is 11.9. The first-order chi connectivity index (χ1) is 7.15. The number of nitrogens with one attached hydrogen (secondary N) is 1. The molecule has 0 aliphatic heterocycles. The molecule has 0 aliphatic carbocycles. The highest BCUT2D eigenvalue weighted by atomic mass is 32.2. The van der Waals surface area contributed by atoms with Gasteiger partial charge in [-0.3, -0.25) is 4.79 Å². The molecule has 0 amide bonds. The van der Waals surface area contributed by atoms with Crippen molar-refractivity contribution in [2.24, 2.45) is 0 Å². The lowest BCUT2D eigenvalue weighted by Gasteiger charge is -2.11. The van der Waals surface area contributed by atoms with Gasteiger partial charge in [0.15, 0.2) is 0 Å². The van der Waals surface area contributed by atoms with E-state index in [-0.39, 0.29) is 0 Å². The Morgan fingerprint density at radius 2 is 2.20 bits per heavy atom. The van der Waals surface area contributed by atoms with Crippen molar-refractivity contribution in [3.8, 4) is 5.75 Å². The van der Waals surface area contributed by atoms with Gasteiger partial charge >= 0.3 is 5.97 Å². The van der Waals surface area contributed by atoms with Gasteiger partial charge in [-0.2, -0.15) is 0 Å². The van der Waals surface area contributed by atoms with Gasteiger partial charge in [-0.1, -0.05) is 12.1 Å². The second-order valence-corrected chi connectivity index (χ2v) is 4.05. The van der Waals surface area contributed by atoms with E-state index in [1.54, 1.807) is 14.0 Å². The summed E-state index contributed by atoms with van der Waals surface area (Å²) in [4.78, 5) is 10.6. The number of benzene rings is 1. The molecule has 15 heavy (non-hydrogen) atoms. The van der Waals surface area contributed by atoms with E-state index in [0.29, 0.717) is 5.75 Å². The van der Waals surface area contributed by atoms with E-state index in [2.05, 4.69) is 4.72 Å². The van der Waals surface area contributed by atoms with Gasteiger partial charge in [0.1, 0.15) is 11.0 Å². The minimum atomic E-state index is -0.845. The van der Waals surface area contributed by atoms with Gasteiger partial charge < -0.3 is 14.6 Å². The minimum absolute atomic E-state index is 0.505. The summed E-state index contributed by atoms with van der Waals surface area (Å²) in [5.74, 6) is -0.148. The molecule has 0 aliphatic rings. The van der Waals surface area contributed by atoms with E-state index in [9.17, 15) is 4.79 Å². The summed E-state index contributed by atoms with van der Waals surface area (Å²) >= 11 is 1.14. The Morgan fingerprint density at radius 1 is 1.53 bits per heavy atom. The highest BCUT2D eigenvalue weighted by Crippen LogP contribution is 2.26. The van der Waals surface area contributed by atoms with Crippen molar-refractivity contribution >= 4 is 23.6 Å². The zero-order valence-corrected chi connectivity index (χ0v) is 9.38. The third-order valence-corrected chi connectivity index (χ3v) is 2.69. The average molecular weight is 227 g/mol. The van der Waals surface area contributed by atoms with E-state index in [1.165, 1.54) is 0 Å². The molecule has 1 rings (SSSR count). The number of hydrogen-bond acceptors (Lipinski definition) is 4. The molecule has 0 saturated heterocycles. The van der Waals surface area contributed by atoms with Crippen LogP contribution < -0.4 is 9.46 Å². The van der Waals surface area contributed by atoms with Crippen molar-refractivity contribution in [2.45, 2.75) is 12.2 Å². The van der Waals surface area contributed by atoms with Crippen molar-refractivity contribution in [1.82, 2.24) is 0 Å². The molecule has 4 nitrogen and oxygen atoms in total. The number of carboxylic acids is 1. The predicted octanol–water partition coefficient (Wildman–Crippen LogP) is 2.23. The summed E-state index contributed by atoms with van der Waals surface area (Å²) in [6.07, 6.45) is 0. The van der Waals surface area contributed by atoms with Crippen LogP contribution in [0.15, 0.2) is 24.3 Å². The number of aliphatic carboxylic acids is 1. The first-order valence-electron chi connectivity index (χ1n) is 4.42. The number of hydrogen-bond donors (Lipinski definition) is 2. The molecule has 1 unspecified atom stereocenters. The van der Waals surface area contributed by atoms with E-state index < -0.39 is 11.2 Å². The summed E-state index contributed by atoms with van der Waals surface area (Å²) in [6, 6.07) is 7.36. The fourth-order valence-corrected chi connectivity index (χ4v) is 1.50. The molecule has 82 valence electrons. The number of ether oxygens (including phenoxy) is 1. The monoisotopic (exact) mass is 227 g/mol. The van der Waals surface area contributed by atoms with Gasteiger partial charge in [0.05, 0.1) is 12.8 Å². The van der Waals surface area contributed by atoms with E-state index >= 15 is 0 Å². The lowest BCUT2D eigenvalue weighted by molar-refractivity contribution is -0.136. The Kier molecular flexibility index (Phi) is 4.30. The Hall–Kier alpha value is -1.36. The molecule has 5 heteroatoms. The van der Waals surface area contributed by atoms with Crippen molar-refractivity contribution in [2.75, 3.05) is 11.8 Å². The number of rotatable bonds is 5. The summed E-state index contributed by atoms with van der Waals surface area (Å²) in [6.45, 7) is 1.62. The van der Waals surface area contributed by atoms with Crippen LogP contribution in [0.25, 0.3) is 0 Å². The van der Waals surface area contributed by atoms with Crippen LogP contribution in [0.1, 0.15) is 6.92 Å². The van der Waals surface area contributed by atoms with Crippen LogP contribution in [0.5, 0.6) is 5.75 Å². The summed E-state index contributed by atoms with van der Waals surface area (Å²) < 4.78 is 8.07. The smallest absolute Gasteiger partial charge is 0.318 e. The first-order valence-corrected chi connectivity index (χ1v) is 5.30. The molecule has 0 bridgehead atoms. The van der Waals surface area contributed by atoms with Gasteiger partial charge in [-0.15, -0.1) is 0 Å². The van der Waals surface area contributed by atoms with Gasteiger partial charge in [-0.05, 0) is 31.0 Å². The number of methoxy groups -OCH3 is 1. The Bertz CT molecular complexity index is 343. The largest absolute Gasteiger partial charge is 0.495 e. The van der Waals surface area contributed by atoms with Crippen molar-refractivity contribution in [1.29, 1.82) is 0 Å². The number of carbonyl (C=O) groups is 1. The summed E-state index contributed by atoms with van der Waals surface area (Å²) in [5, 5.41) is 8.19. The van der Waals surface area contributed by atoms with Crippen LogP contribution in [0.4, 0.5) is 5.69 Å². The van der Waals surface area contributed by atoms with E-state index in [4.69, 9.17) is 9.84 Å². The molecule has 1 aromatic carbocycles. The standard InChI is InChI=1S/C10H13NO3S/c1-7(10(12)13)15-11-8-5-3-4-6-9(8)14-2/h3-7,11H,1-2H3,(H,12,13). The maximum absolute atomic E-state index is 10.6. The van der Waals surface area contributed by atoms with Gasteiger partial charge in [0.25, 0.3) is 0 Å². The van der Waals surface area contributed by atoms with Gasteiger partial charge in [0, 0.05) is 0 Å². The molecule has 0 fully saturated rings. The maximum atomic E-state index is 10.6. The van der Waals surface area contributed by atoms with E-state index in [1.807, 2.05) is 24.3 Å². The minimum Gasteiger partial charge on any atom is -0.495 e. The molecule has 0 aromatic heterocycles. The quantitative estimate of drug-likeness (QED) is 0.755. The molecule has 0 saturated carbocycles. The zero-order chi connectivity index (χ0) is 11.3. The topological polar surface area (TPSA) is 58.6 Å². The number of para-hydroxylation sites is 2. The molecule has 0 radical (unpaired) electrons. The Labute approximate surface area is 92.8 Å². The highest BCUT2D eigenvalue weighted by Gasteiger charge is 2.12. The molecular weight excluding hydrogens is 214 g/mol. The van der Waals surface area contributed by atoms with Crippen LogP contribution in [-0.4, -0.2) is 23.4 Å².